The quantitative estimate of drug-likeness (QED) is 0.249. The van der Waals surface area contributed by atoms with Crippen LogP contribution in [0.3, 0.4) is 0 Å². The Labute approximate surface area is 222 Å². The van der Waals surface area contributed by atoms with Crippen LogP contribution in [0.1, 0.15) is 38.3 Å². The van der Waals surface area contributed by atoms with E-state index in [0.29, 0.717) is 0 Å². The molecule has 0 spiro atoms. The molecule has 0 unspecified atom stereocenters. The minimum atomic E-state index is 0.246. The van der Waals surface area contributed by atoms with E-state index in [1.165, 1.54) is 0 Å². The Morgan fingerprint density at radius 3 is 2.15 bits per heavy atom. The van der Waals surface area contributed by atoms with E-state index in [1.54, 1.807) is 6.33 Å². The van der Waals surface area contributed by atoms with Gasteiger partial charge in [-0.2, -0.15) is 5.10 Å². The van der Waals surface area contributed by atoms with Crippen LogP contribution in [0.25, 0.3) is 76.4 Å². The van der Waals surface area contributed by atoms with Crippen molar-refractivity contribution in [2.75, 3.05) is 0 Å². The highest BCUT2D eigenvalue weighted by atomic mass is 15.1. The standard InChI is InChI=1S/C31H24N8/c1-4-25-36-28-19-8-6-17(10-21(19)23-11-32-14-33-26(23)30(28)37-25)16-5-7-18-20(9-16)22-12-34-35-13-24(22)29-27(18)38-31(39-29)15(2)3/h5-15,34H,4H2,1-3H3,(H,36,37). The molecule has 0 atom stereocenters. The molecule has 4 aromatic heterocycles. The number of imidazole rings is 2. The topological polar surface area (TPSA) is 109 Å². The molecule has 8 aromatic rings. The van der Waals surface area contributed by atoms with Gasteiger partial charge in [0.05, 0.1) is 28.3 Å². The third-order valence-electron chi connectivity index (χ3n) is 7.72. The van der Waals surface area contributed by atoms with Crippen molar-refractivity contribution in [1.29, 1.82) is 0 Å². The van der Waals surface area contributed by atoms with Crippen molar-refractivity contribution >= 4 is 65.3 Å². The number of nitrogens with zero attached hydrogens (tertiary/aromatic N) is 6. The van der Waals surface area contributed by atoms with Gasteiger partial charge in [-0.1, -0.05) is 45.0 Å². The maximum absolute atomic E-state index is 4.93. The first-order valence-electron chi connectivity index (χ1n) is 13.2. The van der Waals surface area contributed by atoms with Crippen LogP contribution in [0, 0.1) is 0 Å². The number of benzene rings is 4. The molecule has 0 radical (unpaired) electrons. The van der Waals surface area contributed by atoms with Crippen LogP contribution in [0.4, 0.5) is 0 Å². The van der Waals surface area contributed by atoms with Crippen molar-refractivity contribution in [1.82, 2.24) is 40.1 Å². The summed E-state index contributed by atoms with van der Waals surface area (Å²) in [4.78, 5) is 27.1. The molecule has 39 heavy (non-hydrogen) atoms. The first-order chi connectivity index (χ1) is 19.1. The van der Waals surface area contributed by atoms with Gasteiger partial charge in [0.25, 0.3) is 0 Å². The maximum atomic E-state index is 4.93. The molecule has 188 valence electrons. The van der Waals surface area contributed by atoms with E-state index in [-0.39, 0.29) is 5.92 Å². The van der Waals surface area contributed by atoms with E-state index in [2.05, 4.69) is 82.3 Å². The van der Waals surface area contributed by atoms with Crippen LogP contribution >= 0.6 is 0 Å². The second-order valence-electron chi connectivity index (χ2n) is 10.4. The van der Waals surface area contributed by atoms with Gasteiger partial charge in [-0.05, 0) is 34.0 Å². The van der Waals surface area contributed by atoms with Gasteiger partial charge >= 0.3 is 0 Å². The van der Waals surface area contributed by atoms with Gasteiger partial charge < -0.3 is 4.98 Å². The van der Waals surface area contributed by atoms with Crippen molar-refractivity contribution in [3.63, 3.8) is 0 Å². The Bertz CT molecular complexity index is 2260. The van der Waals surface area contributed by atoms with Crippen molar-refractivity contribution in [2.45, 2.75) is 33.1 Å². The zero-order valence-electron chi connectivity index (χ0n) is 21.7. The molecule has 0 saturated carbocycles. The number of fused-ring (bicyclic) bond motifs is 12. The van der Waals surface area contributed by atoms with Crippen LogP contribution in [0.5, 0.6) is 0 Å². The lowest BCUT2D eigenvalue weighted by atomic mass is 9.95. The number of H-pyrrole nitrogens is 2. The summed E-state index contributed by atoms with van der Waals surface area (Å²) in [7, 11) is 0. The lowest BCUT2D eigenvalue weighted by molar-refractivity contribution is 0.799. The first-order valence-corrected chi connectivity index (χ1v) is 13.2. The van der Waals surface area contributed by atoms with Crippen molar-refractivity contribution in [3.8, 4) is 11.1 Å². The fourth-order valence-corrected chi connectivity index (χ4v) is 5.74. The van der Waals surface area contributed by atoms with E-state index in [1.807, 2.05) is 18.6 Å². The number of aryl methyl sites for hydroxylation is 1. The zero-order chi connectivity index (χ0) is 26.2. The molecule has 0 bridgehead atoms. The molecule has 0 amide bonds. The third kappa shape index (κ3) is 3.11. The molecule has 0 aliphatic heterocycles. The van der Waals surface area contributed by atoms with Gasteiger partial charge in [-0.25, -0.2) is 24.9 Å². The second-order valence-corrected chi connectivity index (χ2v) is 10.4. The summed E-state index contributed by atoms with van der Waals surface area (Å²) in [6, 6.07) is 13.2. The molecule has 0 aliphatic carbocycles. The lowest BCUT2D eigenvalue weighted by Gasteiger charge is -2.10. The van der Waals surface area contributed by atoms with Crippen LogP contribution in [0.2, 0.25) is 0 Å². The smallest absolute Gasteiger partial charge is 0.132 e. The van der Waals surface area contributed by atoms with E-state index in [9.17, 15) is 0 Å². The van der Waals surface area contributed by atoms with Gasteiger partial charge in [-0.3, -0.25) is 5.10 Å². The summed E-state index contributed by atoms with van der Waals surface area (Å²) >= 11 is 0. The molecule has 4 heterocycles. The summed E-state index contributed by atoms with van der Waals surface area (Å²) in [6.45, 7) is 6.35. The molecular formula is C31H24N8. The van der Waals surface area contributed by atoms with E-state index >= 15 is 0 Å². The van der Waals surface area contributed by atoms with Crippen molar-refractivity contribution in [2.24, 2.45) is 0 Å². The van der Waals surface area contributed by atoms with Crippen LogP contribution < -0.4 is 0 Å². The molecule has 0 aliphatic rings. The summed E-state index contributed by atoms with van der Waals surface area (Å²) in [5.74, 6) is 2.06. The Balaban J connectivity index is 1.41. The molecule has 0 saturated heterocycles. The fourth-order valence-electron chi connectivity index (χ4n) is 5.74. The fraction of sp³-hybridized carbons (Fsp3) is 0.161. The molecule has 8 heteroatoms. The van der Waals surface area contributed by atoms with Gasteiger partial charge in [0.1, 0.15) is 23.5 Å². The average Bonchev–Trinajstić information content (AvgIpc) is 3.63. The largest absolute Gasteiger partial charge is 0.340 e. The predicted octanol–water partition coefficient (Wildman–Crippen LogP) is 6.98. The minimum Gasteiger partial charge on any atom is -0.340 e. The number of aromatic amines is 2. The van der Waals surface area contributed by atoms with E-state index in [4.69, 9.17) is 15.0 Å². The highest BCUT2D eigenvalue weighted by Crippen LogP contribution is 2.38. The summed E-state index contributed by atoms with van der Waals surface area (Å²) in [5.41, 5.74) is 6.87. The third-order valence-corrected chi connectivity index (χ3v) is 7.72. The Hall–Kier alpha value is -4.98. The number of hydrogen-bond acceptors (Lipinski definition) is 6. The Kier molecular flexibility index (Phi) is 4.53. The maximum Gasteiger partial charge on any atom is 0.132 e. The van der Waals surface area contributed by atoms with E-state index < -0.39 is 0 Å². The van der Waals surface area contributed by atoms with Crippen molar-refractivity contribution in [3.05, 3.63) is 73.0 Å². The van der Waals surface area contributed by atoms with Gasteiger partial charge in [-0.15, -0.1) is 0 Å². The average molecular weight is 509 g/mol. The van der Waals surface area contributed by atoms with Gasteiger partial charge in [0.15, 0.2) is 0 Å². The Morgan fingerprint density at radius 1 is 0.718 bits per heavy atom. The highest BCUT2D eigenvalue weighted by Gasteiger charge is 2.18. The second kappa shape index (κ2) is 8.01. The van der Waals surface area contributed by atoms with E-state index in [0.717, 1.165) is 94.5 Å². The van der Waals surface area contributed by atoms with Crippen LogP contribution in [0.15, 0.2) is 61.3 Å². The van der Waals surface area contributed by atoms with Gasteiger partial charge in [0, 0.05) is 51.7 Å². The molecule has 0 fully saturated rings. The number of nitrogens with one attached hydrogen (secondary N) is 2. The highest BCUT2D eigenvalue weighted by molar-refractivity contribution is 6.24. The van der Waals surface area contributed by atoms with Crippen LogP contribution in [-0.2, 0) is 6.42 Å². The Morgan fingerprint density at radius 2 is 1.41 bits per heavy atom. The lowest BCUT2D eigenvalue weighted by Crippen LogP contribution is -1.89. The summed E-state index contributed by atoms with van der Waals surface area (Å²) in [5, 5.41) is 14.8. The minimum absolute atomic E-state index is 0.246. The summed E-state index contributed by atoms with van der Waals surface area (Å²) in [6.07, 6.45) is 8.13. The monoisotopic (exact) mass is 508 g/mol. The predicted molar refractivity (Wildman–Crippen MR) is 156 cm³/mol. The number of aromatic nitrogens is 8. The molecule has 8 nitrogen and oxygen atoms in total. The number of rotatable bonds is 3. The molecule has 8 rings (SSSR count). The normalized spacial score (nSPS) is 12.3. The van der Waals surface area contributed by atoms with Crippen molar-refractivity contribution < 1.29 is 0 Å². The SMILES string of the molecule is CCc1nc2c3ccc(-c4ccc5c(c4)c4c[nH]ncc4c4nc(C(C)C)nc54)cc3c3cncnc3c2[nH]1. The number of hydrogen-bond donors (Lipinski definition) is 2. The molecular weight excluding hydrogens is 484 g/mol. The van der Waals surface area contributed by atoms with Gasteiger partial charge in [0.2, 0.25) is 0 Å². The zero-order valence-corrected chi connectivity index (χ0v) is 21.7. The molecule has 4 aromatic carbocycles. The molecule has 2 N–H and O–H groups in total. The van der Waals surface area contributed by atoms with Crippen LogP contribution in [-0.4, -0.2) is 40.1 Å². The first kappa shape index (κ1) is 22.0. The summed E-state index contributed by atoms with van der Waals surface area (Å²) < 4.78 is 0.